The second kappa shape index (κ2) is 6.70. The maximum atomic E-state index is 12.3. The number of amides is 1. The van der Waals surface area contributed by atoms with E-state index in [1.54, 1.807) is 11.1 Å². The number of ketones is 1. The Morgan fingerprint density at radius 2 is 1.67 bits per heavy atom. The van der Waals surface area contributed by atoms with Gasteiger partial charge < -0.3 is 14.5 Å². The van der Waals surface area contributed by atoms with Crippen LogP contribution in [0.5, 0.6) is 0 Å². The molecule has 1 amide bonds. The van der Waals surface area contributed by atoms with Gasteiger partial charge in [-0.05, 0) is 20.8 Å². The molecule has 0 N–H and O–H groups in total. The highest BCUT2D eigenvalue weighted by molar-refractivity contribution is 7.17. The predicted octanol–water partition coefficient (Wildman–Crippen LogP) is 3.43. The SMILES string of the molecule is CC(C)(C)OC(=O)N1CCN(c2ncc(C(=O)C(C)(C)C)s2)CC1. The number of rotatable bonds is 2. The van der Waals surface area contributed by atoms with Crippen LogP contribution in [0.3, 0.4) is 0 Å². The van der Waals surface area contributed by atoms with Gasteiger partial charge in [-0.2, -0.15) is 0 Å². The van der Waals surface area contributed by atoms with Crippen molar-refractivity contribution in [1.82, 2.24) is 9.88 Å². The molecule has 0 spiro atoms. The minimum Gasteiger partial charge on any atom is -0.444 e. The third-order valence-corrected chi connectivity index (χ3v) is 4.66. The van der Waals surface area contributed by atoms with Crippen molar-refractivity contribution in [2.75, 3.05) is 31.1 Å². The van der Waals surface area contributed by atoms with Gasteiger partial charge in [0, 0.05) is 31.6 Å². The maximum Gasteiger partial charge on any atom is 0.410 e. The van der Waals surface area contributed by atoms with Crippen molar-refractivity contribution >= 4 is 28.3 Å². The first kappa shape index (κ1) is 18.7. The molecule has 1 aromatic rings. The van der Waals surface area contributed by atoms with Crippen molar-refractivity contribution < 1.29 is 14.3 Å². The zero-order valence-corrected chi connectivity index (χ0v) is 16.2. The fourth-order valence-corrected chi connectivity index (χ4v) is 3.41. The first-order chi connectivity index (χ1) is 11.0. The second-order valence-corrected chi connectivity index (χ2v) is 9.05. The molecule has 0 atom stereocenters. The number of hydrogen-bond acceptors (Lipinski definition) is 6. The number of ether oxygens (including phenoxy) is 1. The summed E-state index contributed by atoms with van der Waals surface area (Å²) in [5.41, 5.74) is -0.884. The first-order valence-corrected chi connectivity index (χ1v) is 9.02. The molecule has 2 heterocycles. The van der Waals surface area contributed by atoms with Gasteiger partial charge in [0.2, 0.25) is 0 Å². The lowest BCUT2D eigenvalue weighted by Crippen LogP contribution is -2.50. The van der Waals surface area contributed by atoms with Crippen LogP contribution in [0.15, 0.2) is 6.20 Å². The van der Waals surface area contributed by atoms with Crippen LogP contribution in [0.2, 0.25) is 0 Å². The molecule has 0 unspecified atom stereocenters. The van der Waals surface area contributed by atoms with Crippen LogP contribution in [0, 0.1) is 5.41 Å². The Morgan fingerprint density at radius 1 is 1.08 bits per heavy atom. The molecule has 0 aliphatic carbocycles. The van der Waals surface area contributed by atoms with E-state index in [1.807, 2.05) is 41.5 Å². The number of piperazine rings is 1. The van der Waals surface area contributed by atoms with Crippen molar-refractivity contribution in [3.05, 3.63) is 11.1 Å². The lowest BCUT2D eigenvalue weighted by molar-refractivity contribution is 0.0240. The van der Waals surface area contributed by atoms with Crippen LogP contribution in [-0.4, -0.2) is 53.5 Å². The van der Waals surface area contributed by atoms with Gasteiger partial charge in [0.15, 0.2) is 10.9 Å². The number of anilines is 1. The Kier molecular flexibility index (Phi) is 5.22. The molecule has 6 nitrogen and oxygen atoms in total. The van der Waals surface area contributed by atoms with Crippen molar-refractivity contribution in [2.24, 2.45) is 5.41 Å². The first-order valence-electron chi connectivity index (χ1n) is 8.21. The van der Waals surface area contributed by atoms with Crippen LogP contribution in [0.1, 0.15) is 51.2 Å². The molecular weight excluding hydrogens is 326 g/mol. The van der Waals surface area contributed by atoms with E-state index in [0.717, 1.165) is 5.13 Å². The third kappa shape index (κ3) is 4.69. The molecule has 24 heavy (non-hydrogen) atoms. The molecule has 0 saturated carbocycles. The van der Waals surface area contributed by atoms with Crippen LogP contribution >= 0.6 is 11.3 Å². The Labute approximate surface area is 147 Å². The summed E-state index contributed by atoms with van der Waals surface area (Å²) in [6.07, 6.45) is 1.39. The van der Waals surface area contributed by atoms with Gasteiger partial charge in [-0.3, -0.25) is 4.79 Å². The summed E-state index contributed by atoms with van der Waals surface area (Å²) in [6.45, 7) is 13.9. The van der Waals surface area contributed by atoms with Crippen molar-refractivity contribution in [2.45, 2.75) is 47.1 Å². The van der Waals surface area contributed by atoms with E-state index in [2.05, 4.69) is 9.88 Å². The number of Topliss-reactive ketones (excluding diaryl/α,β-unsaturated/α-hetero) is 1. The van der Waals surface area contributed by atoms with E-state index in [4.69, 9.17) is 4.74 Å². The molecule has 134 valence electrons. The Morgan fingerprint density at radius 3 is 2.17 bits per heavy atom. The van der Waals surface area contributed by atoms with Gasteiger partial charge in [0.1, 0.15) is 5.60 Å². The van der Waals surface area contributed by atoms with E-state index in [9.17, 15) is 9.59 Å². The van der Waals surface area contributed by atoms with E-state index < -0.39 is 11.0 Å². The van der Waals surface area contributed by atoms with Crippen LogP contribution < -0.4 is 4.90 Å². The van der Waals surface area contributed by atoms with Gasteiger partial charge in [-0.15, -0.1) is 0 Å². The Balaban J connectivity index is 1.95. The van der Waals surface area contributed by atoms with E-state index in [0.29, 0.717) is 31.1 Å². The highest BCUT2D eigenvalue weighted by Crippen LogP contribution is 2.29. The number of nitrogens with zero attached hydrogens (tertiary/aromatic N) is 3. The molecule has 0 radical (unpaired) electrons. The normalized spacial score (nSPS) is 16.2. The van der Waals surface area contributed by atoms with E-state index in [1.165, 1.54) is 11.3 Å². The van der Waals surface area contributed by atoms with Crippen molar-refractivity contribution in [3.63, 3.8) is 0 Å². The molecule has 1 aromatic heterocycles. The molecule has 0 aromatic carbocycles. The zero-order valence-electron chi connectivity index (χ0n) is 15.4. The molecule has 1 saturated heterocycles. The highest BCUT2D eigenvalue weighted by atomic mass is 32.1. The smallest absolute Gasteiger partial charge is 0.410 e. The van der Waals surface area contributed by atoms with Gasteiger partial charge in [-0.1, -0.05) is 32.1 Å². The van der Waals surface area contributed by atoms with Crippen LogP contribution in [-0.2, 0) is 4.74 Å². The molecule has 1 aliphatic rings. The quantitative estimate of drug-likeness (QED) is 0.762. The fraction of sp³-hybridized carbons (Fsp3) is 0.706. The summed E-state index contributed by atoms with van der Waals surface area (Å²) in [4.78, 5) is 33.3. The summed E-state index contributed by atoms with van der Waals surface area (Å²) in [5, 5.41) is 0.839. The average Bonchev–Trinajstić information content (AvgIpc) is 2.93. The number of thiazole rings is 1. The molecular formula is C17H27N3O3S. The van der Waals surface area contributed by atoms with Crippen molar-refractivity contribution in [1.29, 1.82) is 0 Å². The fourth-order valence-electron chi connectivity index (χ4n) is 2.29. The number of aromatic nitrogens is 1. The summed E-state index contributed by atoms with van der Waals surface area (Å²) in [7, 11) is 0. The summed E-state index contributed by atoms with van der Waals surface area (Å²) in [5.74, 6) is 0.110. The average molecular weight is 353 g/mol. The topological polar surface area (TPSA) is 62.7 Å². The predicted molar refractivity (Wildman–Crippen MR) is 95.9 cm³/mol. The monoisotopic (exact) mass is 353 g/mol. The van der Waals surface area contributed by atoms with Gasteiger partial charge in [0.25, 0.3) is 0 Å². The molecule has 7 heteroatoms. The number of hydrogen-bond donors (Lipinski definition) is 0. The highest BCUT2D eigenvalue weighted by Gasteiger charge is 2.29. The lowest BCUT2D eigenvalue weighted by atomic mass is 9.90. The van der Waals surface area contributed by atoms with Crippen LogP contribution in [0.25, 0.3) is 0 Å². The van der Waals surface area contributed by atoms with Gasteiger partial charge in [-0.25, -0.2) is 9.78 Å². The largest absolute Gasteiger partial charge is 0.444 e. The summed E-state index contributed by atoms with van der Waals surface area (Å²) in [6, 6.07) is 0. The molecule has 2 rings (SSSR count). The maximum absolute atomic E-state index is 12.3. The minimum absolute atomic E-state index is 0.110. The zero-order chi connectivity index (χ0) is 18.1. The lowest BCUT2D eigenvalue weighted by Gasteiger charge is -2.35. The Bertz CT molecular complexity index is 605. The Hall–Kier alpha value is -1.63. The standard InChI is InChI=1S/C17H27N3O3S/c1-16(2,3)13(21)12-11-18-14(24-12)19-7-9-20(10-8-19)15(22)23-17(4,5)6/h11H,7-10H2,1-6H3. The van der Waals surface area contributed by atoms with Gasteiger partial charge in [0.05, 0.1) is 11.1 Å². The van der Waals surface area contributed by atoms with Crippen LogP contribution in [0.4, 0.5) is 9.93 Å². The second-order valence-electron chi connectivity index (χ2n) is 8.04. The molecule has 0 bridgehead atoms. The van der Waals surface area contributed by atoms with Gasteiger partial charge >= 0.3 is 6.09 Å². The molecule has 1 aliphatic heterocycles. The summed E-state index contributed by atoms with van der Waals surface area (Å²) >= 11 is 1.42. The third-order valence-electron chi connectivity index (χ3n) is 3.60. The number of carbonyl (C=O) groups is 2. The van der Waals surface area contributed by atoms with E-state index >= 15 is 0 Å². The number of carbonyl (C=O) groups excluding carboxylic acids is 2. The molecule has 1 fully saturated rings. The summed E-state index contributed by atoms with van der Waals surface area (Å²) < 4.78 is 5.40. The minimum atomic E-state index is -0.480. The van der Waals surface area contributed by atoms with Crippen molar-refractivity contribution in [3.8, 4) is 0 Å². The van der Waals surface area contributed by atoms with E-state index in [-0.39, 0.29) is 11.9 Å².